The van der Waals surface area contributed by atoms with E-state index in [0.29, 0.717) is 4.21 Å². The van der Waals surface area contributed by atoms with Crippen molar-refractivity contribution in [2.24, 2.45) is 0 Å². The summed E-state index contributed by atoms with van der Waals surface area (Å²) in [6.45, 7) is 3.71. The number of thiophene rings is 1. The first-order valence-electron chi connectivity index (χ1n) is 5.73. The maximum Gasteiger partial charge on any atom is 0.250 e. The number of benzene rings is 1. The lowest BCUT2D eigenvalue weighted by atomic mass is 10.1. The molecule has 0 radical (unpaired) electrons. The van der Waals surface area contributed by atoms with E-state index in [1.807, 2.05) is 44.2 Å². The molecule has 102 valence electrons. The fourth-order valence-corrected chi connectivity index (χ4v) is 5.14. The van der Waals surface area contributed by atoms with Crippen LogP contribution < -0.4 is 4.72 Å². The van der Waals surface area contributed by atoms with Crippen molar-refractivity contribution in [2.45, 2.75) is 24.1 Å². The fraction of sp³-hybridized carbons (Fsp3) is 0.231. The Bertz CT molecular complexity index is 646. The zero-order valence-corrected chi connectivity index (χ0v) is 13.8. The predicted molar refractivity (Wildman–Crippen MR) is 81.9 cm³/mol. The highest BCUT2D eigenvalue weighted by atomic mass is 79.9. The van der Waals surface area contributed by atoms with Crippen molar-refractivity contribution >= 4 is 37.3 Å². The number of rotatable bonds is 4. The highest BCUT2D eigenvalue weighted by Gasteiger charge is 2.21. The van der Waals surface area contributed by atoms with Gasteiger partial charge in [-0.1, -0.05) is 30.3 Å². The maximum atomic E-state index is 12.3. The molecule has 3 nitrogen and oxygen atoms in total. The molecule has 0 saturated heterocycles. The van der Waals surface area contributed by atoms with Gasteiger partial charge in [0.15, 0.2) is 0 Å². The molecule has 0 aliphatic heterocycles. The zero-order valence-electron chi connectivity index (χ0n) is 10.6. The summed E-state index contributed by atoms with van der Waals surface area (Å²) in [7, 11) is -3.47. The van der Waals surface area contributed by atoms with Gasteiger partial charge in [-0.2, -0.15) is 0 Å². The van der Waals surface area contributed by atoms with E-state index in [2.05, 4.69) is 20.7 Å². The van der Waals surface area contributed by atoms with Crippen LogP contribution in [0.1, 0.15) is 24.1 Å². The minimum Gasteiger partial charge on any atom is -0.206 e. The fourth-order valence-electron chi connectivity index (χ4n) is 1.66. The van der Waals surface area contributed by atoms with E-state index in [-0.39, 0.29) is 6.04 Å². The van der Waals surface area contributed by atoms with Gasteiger partial charge < -0.3 is 0 Å². The second-order valence-electron chi connectivity index (χ2n) is 4.28. The third kappa shape index (κ3) is 3.45. The van der Waals surface area contributed by atoms with E-state index in [0.717, 1.165) is 14.9 Å². The van der Waals surface area contributed by atoms with Gasteiger partial charge in [0.25, 0.3) is 10.0 Å². The van der Waals surface area contributed by atoms with Crippen LogP contribution in [0, 0.1) is 6.92 Å². The average Bonchev–Trinajstić information content (AvgIpc) is 2.71. The molecule has 6 heteroatoms. The first-order valence-corrected chi connectivity index (χ1v) is 8.82. The lowest BCUT2D eigenvalue weighted by Gasteiger charge is -2.13. The Morgan fingerprint density at radius 1 is 1.26 bits per heavy atom. The maximum absolute atomic E-state index is 12.3. The quantitative estimate of drug-likeness (QED) is 0.900. The second kappa shape index (κ2) is 5.75. The van der Waals surface area contributed by atoms with E-state index in [4.69, 9.17) is 0 Å². The van der Waals surface area contributed by atoms with Crippen LogP contribution >= 0.6 is 27.3 Å². The third-order valence-corrected chi connectivity index (χ3v) is 6.88. The van der Waals surface area contributed by atoms with Gasteiger partial charge in [-0.05, 0) is 47.0 Å². The summed E-state index contributed by atoms with van der Waals surface area (Å²) in [5.41, 5.74) is 1.87. The number of hydrogen-bond donors (Lipinski definition) is 1. The van der Waals surface area contributed by atoms with Crippen molar-refractivity contribution in [1.29, 1.82) is 0 Å². The van der Waals surface area contributed by atoms with E-state index in [1.54, 1.807) is 6.07 Å². The molecule has 1 aromatic heterocycles. The molecule has 1 aromatic carbocycles. The van der Waals surface area contributed by atoms with Gasteiger partial charge in [-0.3, -0.25) is 0 Å². The van der Waals surface area contributed by atoms with Crippen LogP contribution in [0.5, 0.6) is 0 Å². The number of nitrogens with one attached hydrogen (secondary N) is 1. The van der Waals surface area contributed by atoms with E-state index >= 15 is 0 Å². The van der Waals surface area contributed by atoms with E-state index < -0.39 is 10.0 Å². The van der Waals surface area contributed by atoms with Gasteiger partial charge in [0.1, 0.15) is 4.21 Å². The van der Waals surface area contributed by atoms with Crippen molar-refractivity contribution < 1.29 is 8.42 Å². The van der Waals surface area contributed by atoms with Crippen molar-refractivity contribution in [3.05, 3.63) is 51.3 Å². The summed E-state index contributed by atoms with van der Waals surface area (Å²) in [5, 5.41) is 0. The Labute approximate surface area is 125 Å². The van der Waals surface area contributed by atoms with Crippen LogP contribution in [0.2, 0.25) is 0 Å². The Morgan fingerprint density at radius 2 is 1.89 bits per heavy atom. The molecule has 0 fully saturated rings. The van der Waals surface area contributed by atoms with Gasteiger partial charge in [-0.25, -0.2) is 13.1 Å². The number of hydrogen-bond acceptors (Lipinski definition) is 3. The Hall–Kier alpha value is -0.690. The highest BCUT2D eigenvalue weighted by Crippen LogP contribution is 2.31. The van der Waals surface area contributed by atoms with Gasteiger partial charge in [0, 0.05) is 6.04 Å². The Kier molecular flexibility index (Phi) is 4.45. The van der Waals surface area contributed by atoms with Crippen molar-refractivity contribution in [3.8, 4) is 0 Å². The van der Waals surface area contributed by atoms with E-state index in [9.17, 15) is 8.42 Å². The largest absolute Gasteiger partial charge is 0.250 e. The van der Waals surface area contributed by atoms with E-state index in [1.165, 1.54) is 11.3 Å². The van der Waals surface area contributed by atoms with Crippen molar-refractivity contribution in [2.75, 3.05) is 0 Å². The van der Waals surface area contributed by atoms with Crippen LogP contribution in [0.4, 0.5) is 0 Å². The number of sulfonamides is 1. The molecular weight excluding hydrogens is 346 g/mol. The second-order valence-corrected chi connectivity index (χ2v) is 8.59. The molecule has 1 heterocycles. The zero-order chi connectivity index (χ0) is 14.0. The molecule has 2 rings (SSSR count). The summed E-state index contributed by atoms with van der Waals surface area (Å²) in [6.07, 6.45) is 0. The van der Waals surface area contributed by atoms with Crippen LogP contribution in [0.15, 0.2) is 44.4 Å². The molecule has 0 aliphatic rings. The molecule has 0 spiro atoms. The van der Waals surface area contributed by atoms with Gasteiger partial charge in [0.2, 0.25) is 0 Å². The van der Waals surface area contributed by atoms with Crippen LogP contribution in [-0.4, -0.2) is 8.42 Å². The smallest absolute Gasteiger partial charge is 0.206 e. The van der Waals surface area contributed by atoms with Crippen LogP contribution in [-0.2, 0) is 10.0 Å². The van der Waals surface area contributed by atoms with Gasteiger partial charge >= 0.3 is 0 Å². The average molecular weight is 360 g/mol. The standard InChI is InChI=1S/C13H14BrNO2S2/c1-9-8-12(18-13(9)14)19(16,17)15-10(2)11-6-4-3-5-7-11/h3-8,10,15H,1-2H3/t10-/m1/s1. The molecule has 0 bridgehead atoms. The summed E-state index contributed by atoms with van der Waals surface area (Å²) >= 11 is 4.57. The van der Waals surface area contributed by atoms with Gasteiger partial charge in [-0.15, -0.1) is 11.3 Å². The third-order valence-electron chi connectivity index (χ3n) is 2.73. The molecule has 0 aliphatic carbocycles. The topological polar surface area (TPSA) is 46.2 Å². The minimum atomic E-state index is -3.47. The SMILES string of the molecule is Cc1cc(S(=O)(=O)N[C@H](C)c2ccccc2)sc1Br. The lowest BCUT2D eigenvalue weighted by molar-refractivity contribution is 0.569. The molecule has 1 atom stereocenters. The molecule has 2 aromatic rings. The summed E-state index contributed by atoms with van der Waals surface area (Å²) < 4.78 is 28.4. The normalized spacial score (nSPS) is 13.4. The first kappa shape index (κ1) is 14.7. The molecule has 0 saturated carbocycles. The first-order chi connectivity index (χ1) is 8.90. The van der Waals surface area contributed by atoms with Crippen molar-refractivity contribution in [3.63, 3.8) is 0 Å². The van der Waals surface area contributed by atoms with Crippen LogP contribution in [0.25, 0.3) is 0 Å². The summed E-state index contributed by atoms with van der Waals surface area (Å²) in [4.78, 5) is 0. The molecule has 19 heavy (non-hydrogen) atoms. The monoisotopic (exact) mass is 359 g/mol. The molecule has 0 amide bonds. The lowest BCUT2D eigenvalue weighted by Crippen LogP contribution is -2.26. The highest BCUT2D eigenvalue weighted by molar-refractivity contribution is 9.11. The molecule has 1 N–H and O–H groups in total. The summed E-state index contributed by atoms with van der Waals surface area (Å²) in [5.74, 6) is 0. The Morgan fingerprint density at radius 3 is 2.42 bits per heavy atom. The number of halogens is 1. The molecular formula is C13H14BrNO2S2. The van der Waals surface area contributed by atoms with Gasteiger partial charge in [0.05, 0.1) is 3.79 Å². The molecule has 0 unspecified atom stereocenters. The van der Waals surface area contributed by atoms with Crippen LogP contribution in [0.3, 0.4) is 0 Å². The summed E-state index contributed by atoms with van der Waals surface area (Å²) in [6, 6.07) is 10.9. The Balaban J connectivity index is 2.22. The predicted octanol–water partition coefficient (Wildman–Crippen LogP) is 3.86. The number of aryl methyl sites for hydroxylation is 1. The minimum absolute atomic E-state index is 0.257. The van der Waals surface area contributed by atoms with Crippen molar-refractivity contribution in [1.82, 2.24) is 4.72 Å².